The Labute approximate surface area is 75.6 Å². The first kappa shape index (κ1) is 11.9. The van der Waals surface area contributed by atoms with Crippen molar-refractivity contribution in [1.82, 2.24) is 4.90 Å². The number of rotatable bonds is 6. The fraction of sp³-hybridized carbons (Fsp3) is 0.889. The summed E-state index contributed by atoms with van der Waals surface area (Å²) in [4.78, 5) is 1.81. The van der Waals surface area contributed by atoms with Crippen LogP contribution in [0.15, 0.2) is 0 Å². The molecule has 0 heterocycles. The smallest absolute Gasteiger partial charge is 0.109 e. The van der Waals surface area contributed by atoms with Gasteiger partial charge in [-0.25, -0.2) is 0 Å². The monoisotopic (exact) mass is 174 g/mol. The minimum atomic E-state index is 0.0107. The van der Waals surface area contributed by atoms with Gasteiger partial charge in [0.1, 0.15) is 12.5 Å². The Kier molecular flexibility index (Phi) is 6.34. The van der Waals surface area contributed by atoms with Crippen LogP contribution >= 0.6 is 0 Å². The van der Waals surface area contributed by atoms with E-state index in [0.717, 1.165) is 0 Å². The predicted molar refractivity (Wildman–Crippen MR) is 49.4 cm³/mol. The first-order valence-corrected chi connectivity index (χ1v) is 4.45. The average Bonchev–Trinajstić information content (AvgIpc) is 2.04. The Balaban J connectivity index is 3.73. The van der Waals surface area contributed by atoms with Gasteiger partial charge >= 0.3 is 0 Å². The van der Waals surface area contributed by atoms with E-state index in [-0.39, 0.29) is 12.5 Å². The van der Waals surface area contributed by atoms with Crippen LogP contribution in [0.1, 0.15) is 27.7 Å². The molecule has 12 heavy (non-hydrogen) atoms. The maximum atomic E-state index is 5.35. The van der Waals surface area contributed by atoms with Crippen LogP contribution in [0.4, 0.5) is 0 Å². The Morgan fingerprint density at radius 3 is 1.67 bits per heavy atom. The minimum Gasteiger partial charge on any atom is -0.364 e. The molecule has 0 aromatic heterocycles. The molecule has 0 amide bonds. The van der Waals surface area contributed by atoms with Crippen molar-refractivity contribution in [3.8, 4) is 0 Å². The summed E-state index contributed by atoms with van der Waals surface area (Å²) in [6, 6.07) is 0. The van der Waals surface area contributed by atoms with Gasteiger partial charge in [0.25, 0.3) is 0 Å². The molecule has 0 saturated carbocycles. The zero-order chi connectivity index (χ0) is 9.56. The lowest BCUT2D eigenvalue weighted by Gasteiger charge is -2.29. The Hall–Kier alpha value is -0.120. The van der Waals surface area contributed by atoms with Gasteiger partial charge < -0.3 is 9.47 Å². The molecule has 0 rings (SSSR count). The first-order chi connectivity index (χ1) is 5.63. The molecule has 2 unspecified atom stereocenters. The summed E-state index contributed by atoms with van der Waals surface area (Å²) in [7, 11) is 3.86. The first-order valence-electron chi connectivity index (χ1n) is 4.45. The van der Waals surface area contributed by atoms with Gasteiger partial charge in [0.2, 0.25) is 0 Å². The van der Waals surface area contributed by atoms with Gasteiger partial charge in [-0.2, -0.15) is 0 Å². The molecule has 0 bridgehead atoms. The Morgan fingerprint density at radius 1 is 1.08 bits per heavy atom. The second-order valence-corrected chi connectivity index (χ2v) is 2.62. The van der Waals surface area contributed by atoms with Gasteiger partial charge in [0.05, 0.1) is 0 Å². The van der Waals surface area contributed by atoms with Crippen LogP contribution in [0.3, 0.4) is 0 Å². The minimum absolute atomic E-state index is 0.0107. The van der Waals surface area contributed by atoms with E-state index >= 15 is 0 Å². The lowest BCUT2D eigenvalue weighted by atomic mass is 10.5. The molecule has 0 N–H and O–H groups in total. The molecule has 0 saturated heterocycles. The molecular formula is C9H20NO2. The molecule has 0 aliphatic carbocycles. The highest BCUT2D eigenvalue weighted by Crippen LogP contribution is 2.05. The predicted octanol–water partition coefficient (Wildman–Crippen LogP) is 1.84. The topological polar surface area (TPSA) is 21.7 Å². The van der Waals surface area contributed by atoms with Crippen molar-refractivity contribution in [3.05, 3.63) is 7.05 Å². The number of hydrogen-bond donors (Lipinski definition) is 0. The van der Waals surface area contributed by atoms with E-state index in [1.165, 1.54) is 0 Å². The Bertz CT molecular complexity index is 96.7. The van der Waals surface area contributed by atoms with Crippen LogP contribution in [-0.4, -0.2) is 30.6 Å². The number of ether oxygens (including phenoxy) is 2. The quantitative estimate of drug-likeness (QED) is 0.573. The van der Waals surface area contributed by atoms with Crippen LogP contribution in [0.25, 0.3) is 0 Å². The molecule has 0 aromatic carbocycles. The summed E-state index contributed by atoms with van der Waals surface area (Å²) in [5.41, 5.74) is 0. The van der Waals surface area contributed by atoms with Gasteiger partial charge in [0, 0.05) is 20.3 Å². The van der Waals surface area contributed by atoms with E-state index in [1.807, 2.05) is 32.6 Å². The third-order valence-corrected chi connectivity index (χ3v) is 1.75. The molecular weight excluding hydrogens is 154 g/mol. The SMILES string of the molecule is [CH2]N(C(C)OCC)C(C)OCC. The van der Waals surface area contributed by atoms with Crippen molar-refractivity contribution in [2.75, 3.05) is 13.2 Å². The van der Waals surface area contributed by atoms with Crippen LogP contribution in [-0.2, 0) is 9.47 Å². The van der Waals surface area contributed by atoms with E-state index in [1.54, 1.807) is 0 Å². The number of nitrogens with zero attached hydrogens (tertiary/aromatic N) is 1. The Morgan fingerprint density at radius 2 is 1.42 bits per heavy atom. The van der Waals surface area contributed by atoms with Crippen molar-refractivity contribution in [1.29, 1.82) is 0 Å². The average molecular weight is 174 g/mol. The van der Waals surface area contributed by atoms with E-state index in [4.69, 9.17) is 9.47 Å². The van der Waals surface area contributed by atoms with E-state index < -0.39 is 0 Å². The second-order valence-electron chi connectivity index (χ2n) is 2.62. The maximum absolute atomic E-state index is 5.35. The van der Waals surface area contributed by atoms with Crippen molar-refractivity contribution in [3.63, 3.8) is 0 Å². The molecule has 0 spiro atoms. The third-order valence-electron chi connectivity index (χ3n) is 1.75. The molecule has 0 aliphatic rings. The van der Waals surface area contributed by atoms with Crippen molar-refractivity contribution < 1.29 is 9.47 Å². The summed E-state index contributed by atoms with van der Waals surface area (Å²) in [6.45, 7) is 9.27. The van der Waals surface area contributed by atoms with E-state index in [2.05, 4.69) is 7.05 Å². The zero-order valence-electron chi connectivity index (χ0n) is 8.54. The molecule has 0 aliphatic heterocycles. The fourth-order valence-electron chi connectivity index (χ4n) is 0.970. The van der Waals surface area contributed by atoms with Crippen LogP contribution in [0, 0.1) is 7.05 Å². The van der Waals surface area contributed by atoms with Gasteiger partial charge in [-0.05, 0) is 27.7 Å². The largest absolute Gasteiger partial charge is 0.364 e. The molecule has 2 atom stereocenters. The van der Waals surface area contributed by atoms with Crippen LogP contribution < -0.4 is 0 Å². The molecule has 73 valence electrons. The lowest BCUT2D eigenvalue weighted by molar-refractivity contribution is -0.113. The fourth-order valence-corrected chi connectivity index (χ4v) is 0.970. The highest BCUT2D eigenvalue weighted by atomic mass is 16.5. The highest BCUT2D eigenvalue weighted by molar-refractivity contribution is 4.59. The normalized spacial score (nSPS) is 16.5. The maximum Gasteiger partial charge on any atom is 0.109 e. The van der Waals surface area contributed by atoms with E-state index in [0.29, 0.717) is 13.2 Å². The summed E-state index contributed by atoms with van der Waals surface area (Å²) in [5, 5.41) is 0. The molecule has 0 fully saturated rings. The second kappa shape index (κ2) is 6.40. The van der Waals surface area contributed by atoms with Crippen molar-refractivity contribution in [2.24, 2.45) is 0 Å². The van der Waals surface area contributed by atoms with Crippen molar-refractivity contribution >= 4 is 0 Å². The summed E-state index contributed by atoms with van der Waals surface area (Å²) in [5.74, 6) is 0. The summed E-state index contributed by atoms with van der Waals surface area (Å²) >= 11 is 0. The number of hydrogen-bond acceptors (Lipinski definition) is 3. The van der Waals surface area contributed by atoms with Crippen LogP contribution in [0.5, 0.6) is 0 Å². The van der Waals surface area contributed by atoms with Crippen LogP contribution in [0.2, 0.25) is 0 Å². The summed E-state index contributed by atoms with van der Waals surface area (Å²) in [6.07, 6.45) is 0.0214. The van der Waals surface area contributed by atoms with Gasteiger partial charge in [-0.3, -0.25) is 4.90 Å². The third kappa shape index (κ3) is 4.04. The van der Waals surface area contributed by atoms with Gasteiger partial charge in [0.15, 0.2) is 0 Å². The van der Waals surface area contributed by atoms with Gasteiger partial charge in [-0.1, -0.05) is 0 Å². The molecule has 0 aromatic rings. The molecule has 3 nitrogen and oxygen atoms in total. The van der Waals surface area contributed by atoms with Crippen molar-refractivity contribution in [2.45, 2.75) is 40.2 Å². The standard InChI is InChI=1S/C9H20NO2/c1-6-11-8(3)10(5)9(4)12-7-2/h8-9H,5-7H2,1-4H3. The molecule has 1 radical (unpaired) electrons. The highest BCUT2D eigenvalue weighted by Gasteiger charge is 2.15. The summed E-state index contributed by atoms with van der Waals surface area (Å²) < 4.78 is 10.7. The van der Waals surface area contributed by atoms with Gasteiger partial charge in [-0.15, -0.1) is 0 Å². The molecule has 3 heteroatoms. The van der Waals surface area contributed by atoms with E-state index in [9.17, 15) is 0 Å². The zero-order valence-corrected chi connectivity index (χ0v) is 8.54. The lowest BCUT2D eigenvalue weighted by Crippen LogP contribution is -2.38.